The van der Waals surface area contributed by atoms with Crippen LogP contribution in [-0.4, -0.2) is 12.6 Å². The molecule has 2 rings (SSSR count). The third-order valence-electron chi connectivity index (χ3n) is 2.72. The zero-order valence-corrected chi connectivity index (χ0v) is 9.93. The lowest BCUT2D eigenvalue weighted by Gasteiger charge is -2.17. The van der Waals surface area contributed by atoms with Crippen molar-refractivity contribution in [2.24, 2.45) is 11.7 Å². The number of hydrogen-bond donors (Lipinski definition) is 2. The predicted molar refractivity (Wildman–Crippen MR) is 63.3 cm³/mol. The maximum atomic E-state index is 13.0. The highest BCUT2D eigenvalue weighted by Crippen LogP contribution is 2.34. The van der Waals surface area contributed by atoms with E-state index in [4.69, 9.17) is 5.73 Å². The number of benzene rings is 1. The van der Waals surface area contributed by atoms with Crippen LogP contribution in [0.5, 0.6) is 0 Å². The molecule has 0 heterocycles. The van der Waals surface area contributed by atoms with Crippen LogP contribution < -0.4 is 11.1 Å². The number of halogens is 2. The molecule has 1 aromatic rings. The molecule has 0 aliphatic heterocycles. The van der Waals surface area contributed by atoms with E-state index in [9.17, 15) is 4.39 Å². The standard InChI is InChI=1S/C11H14BrFN2/c12-9-5-8(3-4-10(9)13)15-11(6-14)7-1-2-7/h3-5,7,11,15H,1-2,6,14H2. The van der Waals surface area contributed by atoms with Gasteiger partial charge in [-0.3, -0.25) is 0 Å². The summed E-state index contributed by atoms with van der Waals surface area (Å²) in [5.74, 6) is 0.454. The Morgan fingerprint density at radius 2 is 2.27 bits per heavy atom. The largest absolute Gasteiger partial charge is 0.381 e. The quantitative estimate of drug-likeness (QED) is 0.885. The molecular formula is C11H14BrFN2. The first-order valence-electron chi connectivity index (χ1n) is 5.12. The van der Waals surface area contributed by atoms with E-state index in [1.165, 1.54) is 18.9 Å². The molecule has 0 aromatic heterocycles. The fraction of sp³-hybridized carbons (Fsp3) is 0.455. The van der Waals surface area contributed by atoms with Crippen molar-refractivity contribution < 1.29 is 4.39 Å². The fourth-order valence-corrected chi connectivity index (χ4v) is 2.05. The van der Waals surface area contributed by atoms with E-state index < -0.39 is 0 Å². The van der Waals surface area contributed by atoms with Gasteiger partial charge in [0.15, 0.2) is 0 Å². The van der Waals surface area contributed by atoms with Gasteiger partial charge in [0.2, 0.25) is 0 Å². The Bertz CT molecular complexity index is 352. The lowest BCUT2D eigenvalue weighted by Crippen LogP contribution is -2.30. The van der Waals surface area contributed by atoms with Crippen molar-refractivity contribution in [1.82, 2.24) is 0 Å². The van der Waals surface area contributed by atoms with Crippen LogP contribution in [0, 0.1) is 11.7 Å². The molecule has 0 radical (unpaired) electrons. The monoisotopic (exact) mass is 272 g/mol. The number of rotatable bonds is 4. The summed E-state index contributed by atoms with van der Waals surface area (Å²) in [6.07, 6.45) is 2.49. The van der Waals surface area contributed by atoms with Gasteiger partial charge in [0, 0.05) is 18.3 Å². The van der Waals surface area contributed by atoms with Gasteiger partial charge in [0.25, 0.3) is 0 Å². The van der Waals surface area contributed by atoms with Crippen LogP contribution in [0.25, 0.3) is 0 Å². The van der Waals surface area contributed by atoms with E-state index in [0.29, 0.717) is 23.0 Å². The van der Waals surface area contributed by atoms with E-state index in [-0.39, 0.29) is 5.82 Å². The van der Waals surface area contributed by atoms with Gasteiger partial charge >= 0.3 is 0 Å². The summed E-state index contributed by atoms with van der Waals surface area (Å²) in [4.78, 5) is 0. The highest BCUT2D eigenvalue weighted by atomic mass is 79.9. The van der Waals surface area contributed by atoms with E-state index in [1.54, 1.807) is 12.1 Å². The zero-order valence-electron chi connectivity index (χ0n) is 8.34. The van der Waals surface area contributed by atoms with Crippen LogP contribution in [-0.2, 0) is 0 Å². The second-order valence-corrected chi connectivity index (χ2v) is 4.81. The van der Waals surface area contributed by atoms with Gasteiger partial charge < -0.3 is 11.1 Å². The summed E-state index contributed by atoms with van der Waals surface area (Å²) in [7, 11) is 0. The summed E-state index contributed by atoms with van der Waals surface area (Å²) in [6.45, 7) is 0.625. The Morgan fingerprint density at radius 1 is 1.53 bits per heavy atom. The first-order valence-corrected chi connectivity index (χ1v) is 5.91. The minimum atomic E-state index is -0.240. The van der Waals surface area contributed by atoms with E-state index in [1.807, 2.05) is 0 Å². The number of anilines is 1. The minimum Gasteiger partial charge on any atom is -0.381 e. The summed E-state index contributed by atoms with van der Waals surface area (Å²) in [5.41, 5.74) is 6.60. The van der Waals surface area contributed by atoms with Gasteiger partial charge in [-0.25, -0.2) is 4.39 Å². The van der Waals surface area contributed by atoms with E-state index in [0.717, 1.165) is 5.69 Å². The molecule has 15 heavy (non-hydrogen) atoms. The zero-order chi connectivity index (χ0) is 10.8. The molecule has 1 saturated carbocycles. The predicted octanol–water partition coefficient (Wildman–Crippen LogP) is 2.74. The molecule has 1 aromatic carbocycles. The highest BCUT2D eigenvalue weighted by molar-refractivity contribution is 9.10. The third-order valence-corrected chi connectivity index (χ3v) is 3.32. The highest BCUT2D eigenvalue weighted by Gasteiger charge is 2.30. The van der Waals surface area contributed by atoms with Crippen LogP contribution in [0.4, 0.5) is 10.1 Å². The number of hydrogen-bond acceptors (Lipinski definition) is 2. The maximum Gasteiger partial charge on any atom is 0.137 e. The summed E-state index contributed by atoms with van der Waals surface area (Å²) < 4.78 is 13.5. The molecule has 1 fully saturated rings. The summed E-state index contributed by atoms with van der Waals surface area (Å²) in [5, 5.41) is 3.34. The molecule has 4 heteroatoms. The van der Waals surface area contributed by atoms with Crippen molar-refractivity contribution in [1.29, 1.82) is 0 Å². The molecule has 0 saturated heterocycles. The van der Waals surface area contributed by atoms with Gasteiger partial charge in [-0.05, 0) is 52.9 Å². The second-order valence-electron chi connectivity index (χ2n) is 3.95. The van der Waals surface area contributed by atoms with Gasteiger partial charge in [-0.15, -0.1) is 0 Å². The fourth-order valence-electron chi connectivity index (χ4n) is 1.67. The van der Waals surface area contributed by atoms with Crippen molar-refractivity contribution in [3.05, 3.63) is 28.5 Å². The summed E-state index contributed by atoms with van der Waals surface area (Å²) >= 11 is 3.16. The van der Waals surface area contributed by atoms with E-state index in [2.05, 4.69) is 21.2 Å². The van der Waals surface area contributed by atoms with Crippen LogP contribution in [0.15, 0.2) is 22.7 Å². The van der Waals surface area contributed by atoms with Gasteiger partial charge in [0.05, 0.1) is 4.47 Å². The number of nitrogens with two attached hydrogens (primary N) is 1. The molecule has 1 atom stereocenters. The first-order chi connectivity index (χ1) is 7.20. The number of nitrogens with one attached hydrogen (secondary N) is 1. The molecule has 2 nitrogen and oxygen atoms in total. The summed E-state index contributed by atoms with van der Waals surface area (Å²) in [6, 6.07) is 5.26. The molecule has 1 aliphatic carbocycles. The minimum absolute atomic E-state index is 0.240. The molecule has 3 N–H and O–H groups in total. The van der Waals surface area contributed by atoms with Crippen LogP contribution >= 0.6 is 15.9 Å². The lowest BCUT2D eigenvalue weighted by molar-refractivity contribution is 0.619. The molecular weight excluding hydrogens is 259 g/mol. The van der Waals surface area contributed by atoms with Gasteiger partial charge in [-0.1, -0.05) is 0 Å². The first kappa shape index (κ1) is 10.9. The topological polar surface area (TPSA) is 38.0 Å². The Kier molecular flexibility index (Phi) is 3.26. The van der Waals surface area contributed by atoms with Crippen LogP contribution in [0.3, 0.4) is 0 Å². The Morgan fingerprint density at radius 3 is 2.80 bits per heavy atom. The molecule has 0 bridgehead atoms. The van der Waals surface area contributed by atoms with Crippen molar-refractivity contribution in [3.63, 3.8) is 0 Å². The van der Waals surface area contributed by atoms with Crippen molar-refractivity contribution in [2.75, 3.05) is 11.9 Å². The Hall–Kier alpha value is -0.610. The molecule has 1 unspecified atom stereocenters. The Labute approximate surface area is 97.2 Å². The van der Waals surface area contributed by atoms with E-state index >= 15 is 0 Å². The van der Waals surface area contributed by atoms with Crippen LogP contribution in [0.2, 0.25) is 0 Å². The lowest BCUT2D eigenvalue weighted by atomic mass is 10.1. The van der Waals surface area contributed by atoms with Crippen molar-refractivity contribution in [3.8, 4) is 0 Å². The molecule has 1 aliphatic rings. The molecule has 82 valence electrons. The van der Waals surface area contributed by atoms with Crippen LogP contribution in [0.1, 0.15) is 12.8 Å². The van der Waals surface area contributed by atoms with Gasteiger partial charge in [0.1, 0.15) is 5.82 Å². The van der Waals surface area contributed by atoms with Crippen molar-refractivity contribution in [2.45, 2.75) is 18.9 Å². The molecule has 0 spiro atoms. The molecule has 0 amide bonds. The normalized spacial score (nSPS) is 17.5. The maximum absolute atomic E-state index is 13.0. The second kappa shape index (κ2) is 4.49. The average Bonchev–Trinajstić information content (AvgIpc) is 3.03. The van der Waals surface area contributed by atoms with Gasteiger partial charge in [-0.2, -0.15) is 0 Å². The third kappa shape index (κ3) is 2.69. The van der Waals surface area contributed by atoms with Crippen molar-refractivity contribution >= 4 is 21.6 Å². The average molecular weight is 273 g/mol. The Balaban J connectivity index is 2.05. The SMILES string of the molecule is NCC(Nc1ccc(F)c(Br)c1)C1CC1. The smallest absolute Gasteiger partial charge is 0.137 e.